The lowest BCUT2D eigenvalue weighted by Gasteiger charge is -2.29. The average Bonchev–Trinajstić information content (AvgIpc) is 3.86. The van der Waals surface area contributed by atoms with Gasteiger partial charge in [0.25, 0.3) is 0 Å². The number of hydrogen-bond acceptors (Lipinski definition) is 22. The van der Waals surface area contributed by atoms with Gasteiger partial charge in [-0.2, -0.15) is 0 Å². The van der Waals surface area contributed by atoms with Crippen molar-refractivity contribution in [2.75, 3.05) is 225 Å². The Morgan fingerprint density at radius 2 is 0.782 bits per heavy atom. The van der Waals surface area contributed by atoms with Crippen LogP contribution >= 0.6 is 0 Å². The summed E-state index contributed by atoms with van der Waals surface area (Å²) in [5.41, 5.74) is 0. The van der Waals surface area contributed by atoms with Crippen LogP contribution in [0.1, 0.15) is 96.8 Å². The van der Waals surface area contributed by atoms with Crippen LogP contribution < -0.4 is 0 Å². The molecule has 0 radical (unpaired) electrons. The molecule has 0 spiro atoms. The predicted octanol–water partition coefficient (Wildman–Crippen LogP) is 4.31. The first kappa shape index (κ1) is 74.4. The van der Waals surface area contributed by atoms with Gasteiger partial charge in [-0.05, 0) is 32.1 Å². The summed E-state index contributed by atoms with van der Waals surface area (Å²) in [4.78, 5) is 12.1. The van der Waals surface area contributed by atoms with E-state index in [2.05, 4.69) is 19.1 Å². The zero-order chi connectivity index (χ0) is 56.0. The van der Waals surface area contributed by atoms with Gasteiger partial charge >= 0.3 is 5.97 Å². The van der Waals surface area contributed by atoms with E-state index in [4.69, 9.17) is 101 Å². The van der Waals surface area contributed by atoms with Gasteiger partial charge in [0, 0.05) is 6.42 Å². The van der Waals surface area contributed by atoms with Gasteiger partial charge in [-0.3, -0.25) is 4.79 Å². The van der Waals surface area contributed by atoms with Crippen LogP contribution in [0.3, 0.4) is 0 Å². The molecule has 0 bridgehead atoms. The molecule has 1 fully saturated rings. The highest BCUT2D eigenvalue weighted by Crippen LogP contribution is 2.25. The fourth-order valence-corrected chi connectivity index (χ4v) is 7.57. The quantitative estimate of drug-likeness (QED) is 0.0436. The van der Waals surface area contributed by atoms with E-state index in [0.29, 0.717) is 158 Å². The van der Waals surface area contributed by atoms with Crippen molar-refractivity contribution in [3.63, 3.8) is 0 Å². The zero-order valence-corrected chi connectivity index (χ0v) is 48.0. The van der Waals surface area contributed by atoms with Crippen LogP contribution in [0.2, 0.25) is 0 Å². The van der Waals surface area contributed by atoms with E-state index in [1.54, 1.807) is 0 Å². The molecule has 1 aliphatic rings. The summed E-state index contributed by atoms with van der Waals surface area (Å²) in [7, 11) is 0. The van der Waals surface area contributed by atoms with Crippen molar-refractivity contribution in [2.24, 2.45) is 0 Å². The van der Waals surface area contributed by atoms with E-state index < -0.39 is 24.4 Å². The van der Waals surface area contributed by atoms with Crippen LogP contribution in [0, 0.1) is 0 Å². The third-order valence-electron chi connectivity index (χ3n) is 11.6. The van der Waals surface area contributed by atoms with Gasteiger partial charge in [0.15, 0.2) is 0 Å². The van der Waals surface area contributed by atoms with Crippen LogP contribution in [0.15, 0.2) is 12.2 Å². The van der Waals surface area contributed by atoms with Crippen molar-refractivity contribution in [2.45, 2.75) is 121 Å². The Balaban J connectivity index is 2.44. The molecule has 464 valence electrons. The molecular weight excluding hydrogens is 1020 g/mol. The number of allylic oxidation sites excluding steroid dienone is 2. The lowest BCUT2D eigenvalue weighted by atomic mass is 10.1. The smallest absolute Gasteiger partial charge is 0.305 e. The minimum absolute atomic E-state index is 0.0258. The number of rotatable bonds is 66. The van der Waals surface area contributed by atoms with Crippen LogP contribution in [0.5, 0.6) is 0 Å². The first-order chi connectivity index (χ1) is 38.7. The average molecular weight is 1130 g/mol. The fourth-order valence-electron chi connectivity index (χ4n) is 7.57. The molecule has 0 saturated carbocycles. The molecule has 4 atom stereocenters. The minimum Gasteiger partial charge on any atom is -0.463 e. The van der Waals surface area contributed by atoms with Crippen molar-refractivity contribution in [1.82, 2.24) is 0 Å². The Labute approximate surface area is 468 Å². The highest BCUT2D eigenvalue weighted by Gasteiger charge is 2.44. The Hall–Kier alpha value is -1.59. The SMILES string of the molecule is CCCCCCCC/C=C\CCCCCCCC(=O)OCCOCCOCCOCCOC[C@@H](OCCOCCOCCOCCO)[C@H]1OC[C@H](OCCOCCOCCOCCO)[C@H]1OCCOCCOCCOCCO. The maximum atomic E-state index is 12.1. The molecule has 0 amide bonds. The summed E-state index contributed by atoms with van der Waals surface area (Å²) in [5.74, 6) is -0.174. The Kier molecular flexibility index (Phi) is 60.1. The van der Waals surface area contributed by atoms with Crippen LogP contribution in [-0.2, 0) is 90.1 Å². The topological polar surface area (TPSA) is 244 Å². The number of carbonyl (C=O) groups is 1. The molecule has 22 nitrogen and oxygen atoms in total. The third kappa shape index (κ3) is 51.3. The molecule has 0 aromatic rings. The van der Waals surface area contributed by atoms with Gasteiger partial charge in [0.05, 0.1) is 218 Å². The molecule has 0 unspecified atom stereocenters. The van der Waals surface area contributed by atoms with Gasteiger partial charge in [-0.25, -0.2) is 0 Å². The van der Waals surface area contributed by atoms with E-state index in [1.165, 1.54) is 57.8 Å². The molecule has 1 aliphatic heterocycles. The molecule has 0 aliphatic carbocycles. The minimum atomic E-state index is -0.549. The van der Waals surface area contributed by atoms with Crippen molar-refractivity contribution >= 4 is 5.97 Å². The second kappa shape index (κ2) is 63.0. The maximum absolute atomic E-state index is 12.1. The number of aliphatic hydroxyl groups excluding tert-OH is 3. The number of ether oxygens (including phenoxy) is 18. The fraction of sp³-hybridized carbons (Fsp3) is 0.946. The Bertz CT molecular complexity index is 1210. The van der Waals surface area contributed by atoms with E-state index in [-0.39, 0.29) is 78.6 Å². The van der Waals surface area contributed by atoms with Gasteiger partial charge in [0.2, 0.25) is 0 Å². The van der Waals surface area contributed by atoms with Crippen molar-refractivity contribution in [3.8, 4) is 0 Å². The monoisotopic (exact) mass is 1130 g/mol. The number of aliphatic hydroxyl groups is 3. The molecular formula is C56H108O22. The third-order valence-corrected chi connectivity index (χ3v) is 11.6. The number of carbonyl (C=O) groups excluding carboxylic acids is 1. The van der Waals surface area contributed by atoms with Gasteiger partial charge in [-0.15, -0.1) is 0 Å². The first-order valence-electron chi connectivity index (χ1n) is 29.3. The summed E-state index contributed by atoms with van der Waals surface area (Å²) in [6, 6.07) is 0. The van der Waals surface area contributed by atoms with E-state index in [9.17, 15) is 4.79 Å². The highest BCUT2D eigenvalue weighted by molar-refractivity contribution is 5.69. The predicted molar refractivity (Wildman–Crippen MR) is 291 cm³/mol. The summed E-state index contributed by atoms with van der Waals surface area (Å²) < 4.78 is 103. The molecule has 1 heterocycles. The summed E-state index contributed by atoms with van der Waals surface area (Å²) >= 11 is 0. The second-order valence-electron chi connectivity index (χ2n) is 18.1. The van der Waals surface area contributed by atoms with Crippen LogP contribution in [0.25, 0.3) is 0 Å². The second-order valence-corrected chi connectivity index (χ2v) is 18.1. The zero-order valence-electron chi connectivity index (χ0n) is 48.0. The van der Waals surface area contributed by atoms with Crippen molar-refractivity contribution < 1.29 is 105 Å². The maximum Gasteiger partial charge on any atom is 0.305 e. The Morgan fingerprint density at radius 1 is 0.423 bits per heavy atom. The highest BCUT2D eigenvalue weighted by atomic mass is 16.6. The van der Waals surface area contributed by atoms with Crippen LogP contribution in [-0.4, -0.2) is 270 Å². The lowest BCUT2D eigenvalue weighted by Crippen LogP contribution is -2.46. The van der Waals surface area contributed by atoms with E-state index in [0.717, 1.165) is 25.7 Å². The molecule has 78 heavy (non-hydrogen) atoms. The number of esters is 1. The van der Waals surface area contributed by atoms with Crippen molar-refractivity contribution in [3.05, 3.63) is 12.2 Å². The van der Waals surface area contributed by atoms with E-state index >= 15 is 0 Å². The summed E-state index contributed by atoms with van der Waals surface area (Å²) in [6.45, 7) is 12.6. The van der Waals surface area contributed by atoms with Gasteiger partial charge in [0.1, 0.15) is 31.0 Å². The molecule has 3 N–H and O–H groups in total. The Morgan fingerprint density at radius 3 is 1.23 bits per heavy atom. The van der Waals surface area contributed by atoms with Gasteiger partial charge in [-0.1, -0.05) is 70.4 Å². The molecule has 1 rings (SSSR count). The molecule has 22 heteroatoms. The van der Waals surface area contributed by atoms with Crippen LogP contribution in [0.4, 0.5) is 0 Å². The molecule has 0 aromatic carbocycles. The number of hydrogen-bond donors (Lipinski definition) is 3. The molecule has 1 saturated heterocycles. The normalized spacial score (nSPS) is 16.1. The summed E-state index contributed by atoms with van der Waals surface area (Å²) in [6.07, 6.45) is 18.9. The molecule has 0 aromatic heterocycles. The van der Waals surface area contributed by atoms with Crippen molar-refractivity contribution in [1.29, 1.82) is 0 Å². The standard InChI is InChI=1S/C56H108O22/c1-2-3-4-5-6-7-8-9-10-11-12-13-14-15-16-17-54(60)76-48-44-71-38-34-67-30-31-68-40-41-73-50-52(74-46-42-69-36-32-64-27-24-61-21-18-57)56-55(77-49-45-72-39-35-66-29-26-63-23-20-59)53(51-78-56)75-47-43-70-37-33-65-28-25-62-22-19-58/h9-10,52-53,55-59H,2-8,11-51H2,1H3/b10-9-/t52-,53+,55-,56-/m1/s1. The lowest BCUT2D eigenvalue weighted by molar-refractivity contribution is -0.145. The van der Waals surface area contributed by atoms with Gasteiger partial charge < -0.3 is 101 Å². The largest absolute Gasteiger partial charge is 0.463 e. The summed E-state index contributed by atoms with van der Waals surface area (Å²) in [5, 5.41) is 26.5. The van der Waals surface area contributed by atoms with E-state index in [1.807, 2.05) is 0 Å². The number of unbranched alkanes of at least 4 members (excludes halogenated alkanes) is 11. The first-order valence-corrected chi connectivity index (χ1v) is 29.3.